The van der Waals surface area contributed by atoms with Crippen LogP contribution in [0.1, 0.15) is 76.8 Å². The van der Waals surface area contributed by atoms with E-state index in [1.54, 1.807) is 25.3 Å². The van der Waals surface area contributed by atoms with E-state index in [9.17, 15) is 48.8 Å². The minimum Gasteiger partial charge on any atom is -0.744 e. The maximum atomic E-state index is 12.4. The van der Waals surface area contributed by atoms with Crippen LogP contribution >= 0.6 is 0 Å². The third-order valence-electron chi connectivity index (χ3n) is 11.1. The van der Waals surface area contributed by atoms with Gasteiger partial charge in [-0.1, -0.05) is 6.08 Å². The Morgan fingerprint density at radius 2 is 1.43 bits per heavy atom. The van der Waals surface area contributed by atoms with Gasteiger partial charge in [-0.2, -0.15) is 21.4 Å². The molecule has 17 nitrogen and oxygen atoms in total. The van der Waals surface area contributed by atoms with Gasteiger partial charge in [0.1, 0.15) is 16.7 Å². The van der Waals surface area contributed by atoms with Crippen LogP contribution in [0.15, 0.2) is 70.1 Å². The SMILES string of the molecule is CCN1/C(=C/C=C/C2=[N+](CCCCCC(=O)O)c3ccc(S(=O)(=O)O)cc3C2(C)CCOCCOCCOCCOC)C(C)(CCCS(=O)(=O)O)c2cc(S(=O)(=O)[O-])ccc21. The first-order valence-electron chi connectivity index (χ1n) is 20.1. The molecule has 0 amide bonds. The van der Waals surface area contributed by atoms with Gasteiger partial charge in [-0.15, -0.1) is 0 Å². The van der Waals surface area contributed by atoms with Crippen LogP contribution in [0, 0.1) is 0 Å². The average Bonchev–Trinajstić information content (AvgIpc) is 3.55. The summed E-state index contributed by atoms with van der Waals surface area (Å²) in [6.45, 7) is 9.05. The summed E-state index contributed by atoms with van der Waals surface area (Å²) >= 11 is 0. The summed E-state index contributed by atoms with van der Waals surface area (Å²) in [5, 5.41) is 9.20. The van der Waals surface area contributed by atoms with Gasteiger partial charge >= 0.3 is 5.97 Å². The van der Waals surface area contributed by atoms with Crippen LogP contribution in [0.4, 0.5) is 11.4 Å². The molecule has 0 fully saturated rings. The molecule has 0 aromatic heterocycles. The predicted molar refractivity (Wildman–Crippen MR) is 226 cm³/mol. The zero-order chi connectivity index (χ0) is 45.1. The lowest BCUT2D eigenvalue weighted by atomic mass is 9.76. The first-order valence-corrected chi connectivity index (χ1v) is 24.6. The van der Waals surface area contributed by atoms with Gasteiger partial charge in [-0.3, -0.25) is 13.9 Å². The van der Waals surface area contributed by atoms with E-state index in [2.05, 4.69) is 0 Å². The third-order valence-corrected chi connectivity index (χ3v) is 13.6. The summed E-state index contributed by atoms with van der Waals surface area (Å²) in [6.07, 6.45) is 7.75. The lowest BCUT2D eigenvalue weighted by molar-refractivity contribution is -0.438. The Bertz CT molecular complexity index is 2290. The molecule has 2 heterocycles. The van der Waals surface area contributed by atoms with Crippen molar-refractivity contribution in [3.63, 3.8) is 0 Å². The quantitative estimate of drug-likeness (QED) is 0.0617. The summed E-state index contributed by atoms with van der Waals surface area (Å²) < 4.78 is 128. The third kappa shape index (κ3) is 13.2. The van der Waals surface area contributed by atoms with Crippen LogP contribution in [0.2, 0.25) is 0 Å². The average molecular weight is 915 g/mol. The fourth-order valence-electron chi connectivity index (χ4n) is 8.01. The number of hydrogen-bond donors (Lipinski definition) is 3. The van der Waals surface area contributed by atoms with Crippen molar-refractivity contribution in [2.24, 2.45) is 0 Å². The number of benzene rings is 2. The fraction of sp³-hybridized carbons (Fsp3) is 0.561. The normalized spacial score (nSPS) is 20.0. The highest BCUT2D eigenvalue weighted by Crippen LogP contribution is 2.51. The van der Waals surface area contributed by atoms with Crippen molar-refractivity contribution in [2.75, 3.05) is 77.1 Å². The number of carbonyl (C=O) groups is 1. The van der Waals surface area contributed by atoms with Gasteiger partial charge in [0.2, 0.25) is 5.69 Å². The zero-order valence-corrected chi connectivity index (χ0v) is 37.5. The molecule has 0 radical (unpaired) electrons. The molecule has 2 unspecified atom stereocenters. The molecule has 340 valence electrons. The molecule has 0 aliphatic carbocycles. The molecule has 20 heteroatoms. The summed E-state index contributed by atoms with van der Waals surface area (Å²) in [5.41, 5.74) is 2.00. The van der Waals surface area contributed by atoms with Crippen molar-refractivity contribution in [2.45, 2.75) is 86.3 Å². The summed E-state index contributed by atoms with van der Waals surface area (Å²) in [6, 6.07) is 8.52. The van der Waals surface area contributed by atoms with E-state index in [1.807, 2.05) is 42.4 Å². The number of allylic oxidation sites excluding steroid dienone is 4. The van der Waals surface area contributed by atoms with Gasteiger partial charge in [0.15, 0.2) is 5.71 Å². The first kappa shape index (κ1) is 50.1. The minimum atomic E-state index is -4.84. The molecule has 2 atom stereocenters. The molecular formula is C41H58N2O15S3. The standard InChI is InChI=1S/C41H58N2O15S3/c1-5-42-35-16-14-31(60(49,50)51)29-33(35)40(2,18-10-28-59(46,47)48)37(42)11-9-12-38-41(3,19-21-56-24-25-58-27-26-57-23-22-55-4)34-30-32(61(52,53)54)15-17-36(34)43(38)20-8-6-7-13-39(44)45/h9,11-12,14-17,29-30H,5-8,10,13,18-28H2,1-4H3,(H3-,44,45,46,47,48,49,50,51,52,53,54). The van der Waals surface area contributed by atoms with E-state index < -0.39 is 57.8 Å². The smallest absolute Gasteiger partial charge is 0.303 e. The summed E-state index contributed by atoms with van der Waals surface area (Å²) in [5.74, 6) is -1.43. The molecule has 4 rings (SSSR count). The lowest BCUT2D eigenvalue weighted by Crippen LogP contribution is -2.33. The Hall–Kier alpha value is -3.57. The van der Waals surface area contributed by atoms with Crippen molar-refractivity contribution >= 4 is 53.4 Å². The monoisotopic (exact) mass is 914 g/mol. The highest BCUT2D eigenvalue weighted by Gasteiger charge is 2.48. The second kappa shape index (κ2) is 21.7. The Kier molecular flexibility index (Phi) is 17.8. The highest BCUT2D eigenvalue weighted by molar-refractivity contribution is 7.86. The molecule has 0 saturated heterocycles. The number of carboxylic acids is 1. The molecular weight excluding hydrogens is 857 g/mol. The number of nitrogens with zero attached hydrogens (tertiary/aromatic N) is 2. The number of carboxylic acid groups (broad SMARTS) is 1. The molecule has 61 heavy (non-hydrogen) atoms. The van der Waals surface area contributed by atoms with Gasteiger partial charge in [-0.25, -0.2) is 8.42 Å². The highest BCUT2D eigenvalue weighted by atomic mass is 32.2. The van der Waals surface area contributed by atoms with Gasteiger partial charge < -0.3 is 33.5 Å². The van der Waals surface area contributed by atoms with E-state index in [1.165, 1.54) is 24.3 Å². The second-order valence-electron chi connectivity index (χ2n) is 15.3. The van der Waals surface area contributed by atoms with Crippen LogP contribution in [0.3, 0.4) is 0 Å². The number of unbranched alkanes of at least 4 members (excludes halogenated alkanes) is 2. The Morgan fingerprint density at radius 1 is 0.803 bits per heavy atom. The number of ether oxygens (including phenoxy) is 4. The number of fused-ring (bicyclic) bond motifs is 2. The van der Waals surface area contributed by atoms with E-state index in [-0.39, 0.29) is 37.4 Å². The van der Waals surface area contributed by atoms with Crippen LogP contribution in [0.25, 0.3) is 0 Å². The van der Waals surface area contributed by atoms with Gasteiger partial charge in [-0.05, 0) is 94.8 Å². The van der Waals surface area contributed by atoms with Crippen molar-refractivity contribution in [1.82, 2.24) is 0 Å². The molecule has 2 aliphatic rings. The first-order chi connectivity index (χ1) is 28.7. The van der Waals surface area contributed by atoms with E-state index in [4.69, 9.17) is 18.9 Å². The lowest BCUT2D eigenvalue weighted by Gasteiger charge is -2.30. The van der Waals surface area contributed by atoms with Gasteiger partial charge in [0.05, 0.1) is 60.6 Å². The molecule has 0 spiro atoms. The molecule has 0 bridgehead atoms. The van der Waals surface area contributed by atoms with Crippen LogP contribution in [-0.2, 0) is 64.9 Å². The van der Waals surface area contributed by atoms with Crippen molar-refractivity contribution < 1.29 is 72.3 Å². The number of methoxy groups -OCH3 is 1. The largest absolute Gasteiger partial charge is 0.744 e. The number of aliphatic carboxylic acids is 1. The Morgan fingerprint density at radius 3 is 2.02 bits per heavy atom. The van der Waals surface area contributed by atoms with Crippen molar-refractivity contribution in [3.8, 4) is 0 Å². The summed E-state index contributed by atoms with van der Waals surface area (Å²) in [4.78, 5) is 12.5. The molecule has 2 aliphatic heterocycles. The minimum absolute atomic E-state index is 0.0134. The molecule has 0 saturated carbocycles. The molecule has 2 aromatic rings. The van der Waals surface area contributed by atoms with E-state index >= 15 is 0 Å². The zero-order valence-electron chi connectivity index (χ0n) is 35.1. The predicted octanol–water partition coefficient (Wildman–Crippen LogP) is 4.83. The maximum Gasteiger partial charge on any atom is 0.303 e. The van der Waals surface area contributed by atoms with Crippen LogP contribution in [-0.4, -0.2) is 132 Å². The van der Waals surface area contributed by atoms with Crippen molar-refractivity contribution in [3.05, 3.63) is 71.5 Å². The Labute approximate surface area is 359 Å². The number of likely N-dealkylation sites (N-methyl/N-ethyl adjacent to an activating group) is 1. The fourth-order valence-corrected chi connectivity index (χ4v) is 9.52. The number of rotatable bonds is 27. The van der Waals surface area contributed by atoms with Crippen LogP contribution in [0.5, 0.6) is 0 Å². The molecule has 3 N–H and O–H groups in total. The second-order valence-corrected chi connectivity index (χ2v) is 19.7. The number of hydrogen-bond acceptors (Lipinski definition) is 13. The van der Waals surface area contributed by atoms with Gasteiger partial charge in [0, 0.05) is 67.6 Å². The van der Waals surface area contributed by atoms with E-state index in [0.717, 1.165) is 5.71 Å². The van der Waals surface area contributed by atoms with Crippen molar-refractivity contribution in [1.29, 1.82) is 0 Å². The van der Waals surface area contributed by atoms with E-state index in [0.29, 0.717) is 100 Å². The topological polar surface area (TPSA) is 246 Å². The Balaban J connectivity index is 1.76. The summed E-state index contributed by atoms with van der Waals surface area (Å²) in [7, 11) is -12.2. The molecule has 2 aromatic carbocycles. The maximum absolute atomic E-state index is 12.4. The van der Waals surface area contributed by atoms with Gasteiger partial charge in [0.25, 0.3) is 20.2 Å². The number of anilines is 1. The van der Waals surface area contributed by atoms with Crippen LogP contribution < -0.4 is 4.90 Å².